The van der Waals surface area contributed by atoms with Crippen LogP contribution in [-0.4, -0.2) is 31.3 Å². The van der Waals surface area contributed by atoms with Gasteiger partial charge in [0.2, 0.25) is 10.9 Å². The number of aromatic nitrogens is 4. The number of ketones is 1. The molecular formula is C19H18N4O2S. The zero-order chi connectivity index (χ0) is 17.9. The fourth-order valence-corrected chi connectivity index (χ4v) is 3.58. The molecule has 0 bridgehead atoms. The lowest BCUT2D eigenvalue weighted by Crippen LogP contribution is -2.04. The number of carbonyl (C=O) groups excluding carboxylic acids is 1. The van der Waals surface area contributed by atoms with Crippen LogP contribution >= 0.6 is 11.8 Å². The fourth-order valence-electron chi connectivity index (χ4n) is 2.93. The second-order valence-corrected chi connectivity index (χ2v) is 6.92. The predicted octanol–water partition coefficient (Wildman–Crippen LogP) is 4.35. The van der Waals surface area contributed by atoms with Gasteiger partial charge in [-0.1, -0.05) is 43.3 Å². The number of hydrogen-bond acceptors (Lipinski definition) is 6. The molecule has 0 aliphatic heterocycles. The number of rotatable bonds is 7. The summed E-state index contributed by atoms with van der Waals surface area (Å²) in [6.07, 6.45) is 3.66. The molecule has 0 saturated carbocycles. The van der Waals surface area contributed by atoms with Crippen LogP contribution in [0.5, 0.6) is 0 Å². The largest absolute Gasteiger partial charge is 0.461 e. The molecule has 1 aromatic carbocycles. The maximum Gasteiger partial charge on any atom is 0.211 e. The van der Waals surface area contributed by atoms with Crippen molar-refractivity contribution >= 4 is 39.6 Å². The van der Waals surface area contributed by atoms with Crippen LogP contribution in [0.2, 0.25) is 0 Å². The number of thioether (sulfide) groups is 1. The van der Waals surface area contributed by atoms with E-state index in [0.717, 1.165) is 41.5 Å². The first-order chi connectivity index (χ1) is 12.8. The summed E-state index contributed by atoms with van der Waals surface area (Å²) < 4.78 is 7.33. The standard InChI is InChI=1S/C19H18N4O2S/c1-2-3-10-23-14-8-5-4-7-13(14)17-18(23)20-19(22-21-17)26-12-15(24)16-9-6-11-25-16/h4-9,11H,2-3,10,12H2,1H3. The maximum absolute atomic E-state index is 12.1. The highest BCUT2D eigenvalue weighted by Crippen LogP contribution is 2.27. The van der Waals surface area contributed by atoms with E-state index in [1.54, 1.807) is 12.1 Å². The van der Waals surface area contributed by atoms with E-state index < -0.39 is 0 Å². The predicted molar refractivity (Wildman–Crippen MR) is 101 cm³/mol. The van der Waals surface area contributed by atoms with Gasteiger partial charge < -0.3 is 8.98 Å². The summed E-state index contributed by atoms with van der Waals surface area (Å²) in [4.78, 5) is 16.8. The van der Waals surface area contributed by atoms with Crippen LogP contribution in [0.25, 0.3) is 22.1 Å². The molecule has 0 atom stereocenters. The first-order valence-corrected chi connectivity index (χ1v) is 9.57. The Morgan fingerprint density at radius 3 is 2.88 bits per heavy atom. The first kappa shape index (κ1) is 16.8. The smallest absolute Gasteiger partial charge is 0.211 e. The van der Waals surface area contributed by atoms with Crippen molar-refractivity contribution < 1.29 is 9.21 Å². The summed E-state index contributed by atoms with van der Waals surface area (Å²) in [7, 11) is 0. The number of Topliss-reactive ketones (excluding diaryl/α,β-unsaturated/α-hetero) is 1. The molecule has 3 heterocycles. The van der Waals surface area contributed by atoms with Crippen molar-refractivity contribution in [1.82, 2.24) is 19.7 Å². The van der Waals surface area contributed by atoms with Gasteiger partial charge in [-0.05, 0) is 24.6 Å². The van der Waals surface area contributed by atoms with Crippen LogP contribution in [-0.2, 0) is 6.54 Å². The van der Waals surface area contributed by atoms with Gasteiger partial charge in [0.05, 0.1) is 17.5 Å². The summed E-state index contributed by atoms with van der Waals surface area (Å²) >= 11 is 1.28. The van der Waals surface area contributed by atoms with Crippen LogP contribution < -0.4 is 0 Å². The average molecular weight is 366 g/mol. The Bertz CT molecular complexity index is 1060. The van der Waals surface area contributed by atoms with Gasteiger partial charge in [0, 0.05) is 11.9 Å². The molecule has 0 fully saturated rings. The van der Waals surface area contributed by atoms with E-state index in [9.17, 15) is 4.79 Å². The average Bonchev–Trinajstić information content (AvgIpc) is 3.31. The van der Waals surface area contributed by atoms with Gasteiger partial charge >= 0.3 is 0 Å². The lowest BCUT2D eigenvalue weighted by atomic mass is 10.2. The maximum atomic E-state index is 12.1. The number of aryl methyl sites for hydroxylation is 1. The van der Waals surface area contributed by atoms with Gasteiger partial charge in [0.15, 0.2) is 11.4 Å². The van der Waals surface area contributed by atoms with Crippen molar-refractivity contribution in [2.45, 2.75) is 31.5 Å². The van der Waals surface area contributed by atoms with E-state index in [1.807, 2.05) is 18.2 Å². The van der Waals surface area contributed by atoms with E-state index in [0.29, 0.717) is 10.9 Å². The van der Waals surface area contributed by atoms with E-state index >= 15 is 0 Å². The molecule has 7 heteroatoms. The molecule has 6 nitrogen and oxygen atoms in total. The van der Waals surface area contributed by atoms with Gasteiger partial charge in [-0.3, -0.25) is 4.79 Å². The van der Waals surface area contributed by atoms with Gasteiger partial charge in [-0.15, -0.1) is 10.2 Å². The van der Waals surface area contributed by atoms with Crippen molar-refractivity contribution in [1.29, 1.82) is 0 Å². The highest BCUT2D eigenvalue weighted by Gasteiger charge is 2.16. The van der Waals surface area contributed by atoms with Crippen LogP contribution in [0, 0.1) is 0 Å². The Kier molecular flexibility index (Phi) is 4.71. The summed E-state index contributed by atoms with van der Waals surface area (Å²) in [5.41, 5.74) is 2.74. The molecule has 3 aromatic heterocycles. The molecule has 132 valence electrons. The molecule has 0 spiro atoms. The number of benzene rings is 1. The molecule has 0 aliphatic rings. The van der Waals surface area contributed by atoms with Gasteiger partial charge in [-0.2, -0.15) is 0 Å². The van der Waals surface area contributed by atoms with Crippen molar-refractivity contribution in [3.05, 3.63) is 48.4 Å². The molecule has 0 amide bonds. The number of para-hydroxylation sites is 1. The van der Waals surface area contributed by atoms with E-state index in [2.05, 4.69) is 32.7 Å². The Balaban J connectivity index is 1.67. The molecular weight excluding hydrogens is 348 g/mol. The summed E-state index contributed by atoms with van der Waals surface area (Å²) in [6, 6.07) is 11.5. The van der Waals surface area contributed by atoms with Crippen molar-refractivity contribution in [3.63, 3.8) is 0 Å². The monoisotopic (exact) mass is 366 g/mol. The van der Waals surface area contributed by atoms with E-state index in [1.165, 1.54) is 18.0 Å². The summed E-state index contributed by atoms with van der Waals surface area (Å²) in [5, 5.41) is 10.2. The van der Waals surface area contributed by atoms with Crippen LogP contribution in [0.4, 0.5) is 0 Å². The number of nitrogens with zero attached hydrogens (tertiary/aromatic N) is 4. The molecule has 4 aromatic rings. The van der Waals surface area contributed by atoms with E-state index in [-0.39, 0.29) is 11.5 Å². The molecule has 26 heavy (non-hydrogen) atoms. The second kappa shape index (κ2) is 7.29. The number of hydrogen-bond donors (Lipinski definition) is 0. The third-order valence-electron chi connectivity index (χ3n) is 4.22. The normalized spacial score (nSPS) is 11.4. The second-order valence-electron chi connectivity index (χ2n) is 5.98. The Morgan fingerprint density at radius 2 is 2.08 bits per heavy atom. The third-order valence-corrected chi connectivity index (χ3v) is 5.06. The molecule has 0 unspecified atom stereocenters. The lowest BCUT2D eigenvalue weighted by molar-refractivity contribution is 0.0992. The van der Waals surface area contributed by atoms with Crippen LogP contribution in [0.15, 0.2) is 52.2 Å². The quantitative estimate of drug-likeness (QED) is 0.358. The Labute approximate surface area is 154 Å². The van der Waals surface area contributed by atoms with Crippen molar-refractivity contribution in [2.75, 3.05) is 5.75 Å². The zero-order valence-electron chi connectivity index (χ0n) is 14.4. The SMILES string of the molecule is CCCCn1c2ccccc2c2nnc(SCC(=O)c3ccco3)nc21. The van der Waals surface area contributed by atoms with Crippen LogP contribution in [0.3, 0.4) is 0 Å². The minimum atomic E-state index is -0.0878. The van der Waals surface area contributed by atoms with Gasteiger partial charge in [0.25, 0.3) is 0 Å². The first-order valence-electron chi connectivity index (χ1n) is 8.59. The minimum Gasteiger partial charge on any atom is -0.461 e. The summed E-state index contributed by atoms with van der Waals surface area (Å²) in [6.45, 7) is 3.05. The van der Waals surface area contributed by atoms with Gasteiger partial charge in [-0.25, -0.2) is 4.98 Å². The number of unbranched alkanes of at least 4 members (excludes halogenated alkanes) is 1. The number of carbonyl (C=O) groups is 1. The Morgan fingerprint density at radius 1 is 1.19 bits per heavy atom. The van der Waals surface area contributed by atoms with E-state index in [4.69, 9.17) is 4.42 Å². The zero-order valence-corrected chi connectivity index (χ0v) is 15.2. The van der Waals surface area contributed by atoms with Crippen molar-refractivity contribution in [2.24, 2.45) is 0 Å². The van der Waals surface area contributed by atoms with Gasteiger partial charge in [0.1, 0.15) is 5.52 Å². The molecule has 4 rings (SSSR count). The highest BCUT2D eigenvalue weighted by atomic mass is 32.2. The number of furan rings is 1. The minimum absolute atomic E-state index is 0.0878. The topological polar surface area (TPSA) is 73.8 Å². The Hall–Kier alpha value is -2.67. The number of fused-ring (bicyclic) bond motifs is 3. The molecule has 0 N–H and O–H groups in total. The highest BCUT2D eigenvalue weighted by molar-refractivity contribution is 7.99. The van der Waals surface area contributed by atoms with Crippen molar-refractivity contribution in [3.8, 4) is 0 Å². The molecule has 0 radical (unpaired) electrons. The summed E-state index contributed by atoms with van der Waals surface area (Å²) in [5.74, 6) is 0.481. The molecule has 0 saturated heterocycles. The fraction of sp³-hybridized carbons (Fsp3) is 0.263. The molecule has 0 aliphatic carbocycles. The third kappa shape index (κ3) is 3.10. The lowest BCUT2D eigenvalue weighted by Gasteiger charge is -2.05. The van der Waals surface area contributed by atoms with Crippen LogP contribution in [0.1, 0.15) is 30.3 Å².